The summed E-state index contributed by atoms with van der Waals surface area (Å²) in [7, 11) is -3.06. The van der Waals surface area contributed by atoms with Crippen LogP contribution >= 0.6 is 15.9 Å². The van der Waals surface area contributed by atoms with Crippen LogP contribution in [0.4, 0.5) is 11.4 Å². The van der Waals surface area contributed by atoms with Crippen LogP contribution in [-0.2, 0) is 14.6 Å². The van der Waals surface area contributed by atoms with Gasteiger partial charge in [0.1, 0.15) is 0 Å². The second-order valence-electron chi connectivity index (χ2n) is 4.80. The molecule has 1 aliphatic heterocycles. The van der Waals surface area contributed by atoms with Gasteiger partial charge in [0.25, 0.3) is 0 Å². The molecular weight excluding hydrogens is 332 g/mol. The lowest BCUT2D eigenvalue weighted by atomic mass is 10.1. The van der Waals surface area contributed by atoms with Crippen molar-refractivity contribution in [1.82, 2.24) is 0 Å². The number of hydrogen-bond donors (Lipinski definition) is 2. The summed E-state index contributed by atoms with van der Waals surface area (Å²) in [6.45, 7) is 1.90. The third kappa shape index (κ3) is 3.27. The fourth-order valence-corrected chi connectivity index (χ4v) is 4.56. The molecule has 1 aromatic rings. The number of sulfone groups is 1. The van der Waals surface area contributed by atoms with Crippen molar-refractivity contribution in [2.24, 2.45) is 5.92 Å². The zero-order chi connectivity index (χ0) is 14.2. The van der Waals surface area contributed by atoms with Gasteiger partial charge >= 0.3 is 0 Å². The van der Waals surface area contributed by atoms with E-state index in [9.17, 15) is 13.2 Å². The minimum absolute atomic E-state index is 0.0790. The van der Waals surface area contributed by atoms with E-state index < -0.39 is 15.8 Å². The van der Waals surface area contributed by atoms with Crippen LogP contribution in [0.5, 0.6) is 0 Å². The number of amides is 1. The van der Waals surface area contributed by atoms with Gasteiger partial charge in [-0.25, -0.2) is 8.42 Å². The van der Waals surface area contributed by atoms with Gasteiger partial charge in [-0.15, -0.1) is 0 Å². The van der Waals surface area contributed by atoms with Gasteiger partial charge in [-0.2, -0.15) is 0 Å². The minimum Gasteiger partial charge on any atom is -0.397 e. The number of anilines is 2. The number of carbonyl (C=O) groups is 1. The molecule has 0 radical (unpaired) electrons. The topological polar surface area (TPSA) is 89.3 Å². The summed E-state index contributed by atoms with van der Waals surface area (Å²) >= 11 is 3.34. The van der Waals surface area contributed by atoms with E-state index >= 15 is 0 Å². The highest BCUT2D eigenvalue weighted by Gasteiger charge is 2.33. The van der Waals surface area contributed by atoms with E-state index in [1.807, 2.05) is 13.0 Å². The summed E-state index contributed by atoms with van der Waals surface area (Å²) in [6.07, 6.45) is 0.373. The first-order valence-corrected chi connectivity index (χ1v) is 8.47. The minimum atomic E-state index is -3.06. The second-order valence-corrected chi connectivity index (χ2v) is 7.88. The molecule has 3 N–H and O–H groups in total. The molecule has 1 amide bonds. The molecule has 1 saturated heterocycles. The third-order valence-electron chi connectivity index (χ3n) is 3.12. The molecule has 5 nitrogen and oxygen atoms in total. The molecule has 0 aliphatic carbocycles. The van der Waals surface area contributed by atoms with E-state index in [2.05, 4.69) is 21.2 Å². The molecule has 0 spiro atoms. The molecule has 2 rings (SSSR count). The molecule has 0 bridgehead atoms. The molecule has 0 saturated carbocycles. The Morgan fingerprint density at radius 3 is 2.68 bits per heavy atom. The maximum absolute atomic E-state index is 12.0. The van der Waals surface area contributed by atoms with E-state index in [0.717, 1.165) is 5.56 Å². The zero-order valence-corrected chi connectivity index (χ0v) is 12.8. The van der Waals surface area contributed by atoms with Crippen molar-refractivity contribution in [3.63, 3.8) is 0 Å². The van der Waals surface area contributed by atoms with Crippen molar-refractivity contribution in [3.8, 4) is 0 Å². The Morgan fingerprint density at radius 1 is 1.47 bits per heavy atom. The smallest absolute Gasteiger partial charge is 0.228 e. The monoisotopic (exact) mass is 346 g/mol. The molecule has 19 heavy (non-hydrogen) atoms. The molecule has 7 heteroatoms. The van der Waals surface area contributed by atoms with Crippen molar-refractivity contribution >= 4 is 43.0 Å². The van der Waals surface area contributed by atoms with E-state index in [0.29, 0.717) is 22.3 Å². The summed E-state index contributed by atoms with van der Waals surface area (Å²) < 4.78 is 23.4. The van der Waals surface area contributed by atoms with Gasteiger partial charge in [0.15, 0.2) is 9.84 Å². The number of aryl methyl sites for hydroxylation is 1. The number of hydrogen-bond acceptors (Lipinski definition) is 4. The van der Waals surface area contributed by atoms with Crippen LogP contribution in [0.25, 0.3) is 0 Å². The van der Waals surface area contributed by atoms with Gasteiger partial charge in [0.05, 0.1) is 28.8 Å². The predicted octanol–water partition coefficient (Wildman–Crippen LogP) is 1.71. The van der Waals surface area contributed by atoms with Crippen molar-refractivity contribution in [2.45, 2.75) is 13.3 Å². The lowest BCUT2D eigenvalue weighted by molar-refractivity contribution is -0.119. The Labute approximate surface area is 120 Å². The first-order chi connectivity index (χ1) is 8.78. The van der Waals surface area contributed by atoms with Gasteiger partial charge < -0.3 is 11.1 Å². The highest BCUT2D eigenvalue weighted by atomic mass is 79.9. The van der Waals surface area contributed by atoms with E-state index in [4.69, 9.17) is 5.73 Å². The Bertz CT molecular complexity index is 605. The highest BCUT2D eigenvalue weighted by Crippen LogP contribution is 2.31. The van der Waals surface area contributed by atoms with Crippen LogP contribution in [0.3, 0.4) is 0 Å². The number of nitrogens with one attached hydrogen (secondary N) is 1. The van der Waals surface area contributed by atoms with Crippen LogP contribution in [0.15, 0.2) is 16.6 Å². The molecule has 1 unspecified atom stereocenters. The Kier molecular flexibility index (Phi) is 3.87. The Balaban J connectivity index is 2.16. The van der Waals surface area contributed by atoms with Crippen LogP contribution in [-0.4, -0.2) is 25.8 Å². The van der Waals surface area contributed by atoms with Crippen molar-refractivity contribution in [1.29, 1.82) is 0 Å². The van der Waals surface area contributed by atoms with Crippen LogP contribution in [0.2, 0.25) is 0 Å². The van der Waals surface area contributed by atoms with Gasteiger partial charge in [-0.05, 0) is 47.0 Å². The average Bonchev–Trinajstić information content (AvgIpc) is 2.64. The maximum Gasteiger partial charge on any atom is 0.228 e. The molecule has 1 aromatic carbocycles. The van der Waals surface area contributed by atoms with Crippen molar-refractivity contribution in [2.75, 3.05) is 22.6 Å². The van der Waals surface area contributed by atoms with Gasteiger partial charge in [0, 0.05) is 4.47 Å². The SMILES string of the molecule is Cc1cc(N)c(NC(=O)C2CCS(=O)(=O)C2)c(Br)c1. The molecule has 104 valence electrons. The predicted molar refractivity (Wildman–Crippen MR) is 78.7 cm³/mol. The number of rotatable bonds is 2. The number of nitrogens with two attached hydrogens (primary N) is 1. The normalized spacial score (nSPS) is 21.3. The highest BCUT2D eigenvalue weighted by molar-refractivity contribution is 9.10. The quantitative estimate of drug-likeness (QED) is 0.797. The first kappa shape index (κ1) is 14.3. The molecule has 0 aromatic heterocycles. The molecule has 1 atom stereocenters. The fourth-order valence-electron chi connectivity index (χ4n) is 2.13. The number of nitrogen functional groups attached to an aromatic ring is 1. The van der Waals surface area contributed by atoms with Gasteiger partial charge in [0.2, 0.25) is 5.91 Å². The molecular formula is C12H15BrN2O3S. The Morgan fingerprint density at radius 2 is 2.16 bits per heavy atom. The van der Waals surface area contributed by atoms with Crippen molar-refractivity contribution in [3.05, 3.63) is 22.2 Å². The summed E-state index contributed by atoms with van der Waals surface area (Å²) in [5.41, 5.74) is 7.80. The van der Waals surface area contributed by atoms with E-state index in [1.165, 1.54) is 0 Å². The summed E-state index contributed by atoms with van der Waals surface area (Å²) in [4.78, 5) is 12.0. The summed E-state index contributed by atoms with van der Waals surface area (Å²) in [5.74, 6) is -0.785. The van der Waals surface area contributed by atoms with Crippen LogP contribution in [0.1, 0.15) is 12.0 Å². The van der Waals surface area contributed by atoms with E-state index in [1.54, 1.807) is 6.07 Å². The molecule has 1 fully saturated rings. The zero-order valence-electron chi connectivity index (χ0n) is 10.4. The molecule has 1 heterocycles. The number of carbonyl (C=O) groups excluding carboxylic acids is 1. The molecule has 1 aliphatic rings. The Hall–Kier alpha value is -1.08. The number of halogens is 1. The fraction of sp³-hybridized carbons (Fsp3) is 0.417. The average molecular weight is 347 g/mol. The van der Waals surface area contributed by atoms with Gasteiger partial charge in [-0.3, -0.25) is 4.79 Å². The first-order valence-electron chi connectivity index (χ1n) is 5.85. The van der Waals surface area contributed by atoms with Gasteiger partial charge in [-0.1, -0.05) is 0 Å². The van der Waals surface area contributed by atoms with E-state index in [-0.39, 0.29) is 17.4 Å². The van der Waals surface area contributed by atoms with Crippen LogP contribution in [0, 0.1) is 12.8 Å². The lowest BCUT2D eigenvalue weighted by Gasteiger charge is -2.14. The number of benzene rings is 1. The van der Waals surface area contributed by atoms with Crippen molar-refractivity contribution < 1.29 is 13.2 Å². The largest absolute Gasteiger partial charge is 0.397 e. The lowest BCUT2D eigenvalue weighted by Crippen LogP contribution is -2.24. The third-order valence-corrected chi connectivity index (χ3v) is 5.51. The summed E-state index contributed by atoms with van der Waals surface area (Å²) in [6, 6.07) is 3.60. The standard InChI is InChI=1S/C12H15BrN2O3S/c1-7-4-9(13)11(10(14)5-7)15-12(16)8-2-3-19(17,18)6-8/h4-5,8H,2-3,6,14H2,1H3,(H,15,16). The van der Waals surface area contributed by atoms with Crippen LogP contribution < -0.4 is 11.1 Å². The second kappa shape index (κ2) is 5.13. The summed E-state index contributed by atoms with van der Waals surface area (Å²) in [5, 5.41) is 2.71. The maximum atomic E-state index is 12.0.